The standard InChI is InChI=1S/C11H10ClFN2O/c12-10-3-8(1-2-11(10)13)4-14-5-9-6-15-16-7-9/h1-3,6-7,14H,4-5H2. The van der Waals surface area contributed by atoms with Crippen LogP contribution in [0.2, 0.25) is 5.02 Å². The number of halogens is 2. The molecule has 2 rings (SSSR count). The number of rotatable bonds is 4. The van der Waals surface area contributed by atoms with Gasteiger partial charge in [0, 0.05) is 18.7 Å². The first-order valence-electron chi connectivity index (χ1n) is 4.78. The molecular weight excluding hydrogens is 231 g/mol. The van der Waals surface area contributed by atoms with Gasteiger partial charge in [-0.1, -0.05) is 22.8 Å². The molecule has 0 aliphatic heterocycles. The van der Waals surface area contributed by atoms with Gasteiger partial charge in [0.05, 0.1) is 11.2 Å². The average molecular weight is 241 g/mol. The molecule has 1 aromatic heterocycles. The van der Waals surface area contributed by atoms with Crippen LogP contribution >= 0.6 is 11.6 Å². The van der Waals surface area contributed by atoms with Crippen LogP contribution in [0, 0.1) is 5.82 Å². The van der Waals surface area contributed by atoms with Crippen LogP contribution < -0.4 is 5.32 Å². The summed E-state index contributed by atoms with van der Waals surface area (Å²) in [6.07, 6.45) is 3.22. The van der Waals surface area contributed by atoms with Crippen molar-refractivity contribution < 1.29 is 8.91 Å². The molecule has 0 saturated carbocycles. The molecule has 1 N–H and O–H groups in total. The minimum Gasteiger partial charge on any atom is -0.364 e. The molecule has 84 valence electrons. The zero-order valence-electron chi connectivity index (χ0n) is 8.41. The fourth-order valence-electron chi connectivity index (χ4n) is 1.31. The number of nitrogens with zero attached hydrogens (tertiary/aromatic N) is 1. The molecule has 0 atom stereocenters. The Hall–Kier alpha value is -1.39. The van der Waals surface area contributed by atoms with Crippen molar-refractivity contribution in [2.24, 2.45) is 0 Å². The van der Waals surface area contributed by atoms with E-state index >= 15 is 0 Å². The first kappa shape index (κ1) is 11.1. The lowest BCUT2D eigenvalue weighted by Crippen LogP contribution is -2.12. The zero-order chi connectivity index (χ0) is 11.4. The highest BCUT2D eigenvalue weighted by molar-refractivity contribution is 6.30. The predicted octanol–water partition coefficient (Wildman–Crippen LogP) is 2.76. The SMILES string of the molecule is Fc1ccc(CNCc2cnoc2)cc1Cl. The van der Waals surface area contributed by atoms with E-state index in [0.29, 0.717) is 13.1 Å². The Bertz CT molecular complexity index is 459. The molecule has 0 aliphatic rings. The molecule has 0 fully saturated rings. The van der Waals surface area contributed by atoms with Crippen LogP contribution in [0.5, 0.6) is 0 Å². The van der Waals surface area contributed by atoms with E-state index in [1.54, 1.807) is 24.6 Å². The van der Waals surface area contributed by atoms with Crippen molar-refractivity contribution >= 4 is 11.6 Å². The highest BCUT2D eigenvalue weighted by Crippen LogP contribution is 2.15. The molecule has 0 amide bonds. The second kappa shape index (κ2) is 5.09. The van der Waals surface area contributed by atoms with Gasteiger partial charge in [-0.2, -0.15) is 0 Å². The number of benzene rings is 1. The van der Waals surface area contributed by atoms with Crippen molar-refractivity contribution in [3.63, 3.8) is 0 Å². The second-order valence-corrected chi connectivity index (χ2v) is 3.79. The van der Waals surface area contributed by atoms with Gasteiger partial charge in [-0.3, -0.25) is 0 Å². The molecule has 3 nitrogen and oxygen atoms in total. The first-order valence-corrected chi connectivity index (χ1v) is 5.16. The maximum Gasteiger partial charge on any atom is 0.141 e. The van der Waals surface area contributed by atoms with Gasteiger partial charge in [-0.15, -0.1) is 0 Å². The van der Waals surface area contributed by atoms with Gasteiger partial charge in [0.25, 0.3) is 0 Å². The summed E-state index contributed by atoms with van der Waals surface area (Å²) in [5.41, 5.74) is 1.90. The molecule has 0 spiro atoms. The molecule has 5 heteroatoms. The van der Waals surface area contributed by atoms with E-state index < -0.39 is 5.82 Å². The van der Waals surface area contributed by atoms with E-state index in [-0.39, 0.29) is 5.02 Å². The van der Waals surface area contributed by atoms with E-state index in [2.05, 4.69) is 10.5 Å². The van der Waals surface area contributed by atoms with Gasteiger partial charge in [0.15, 0.2) is 0 Å². The third-order valence-electron chi connectivity index (χ3n) is 2.13. The van der Waals surface area contributed by atoms with Crippen molar-refractivity contribution in [3.8, 4) is 0 Å². The zero-order valence-corrected chi connectivity index (χ0v) is 9.17. The van der Waals surface area contributed by atoms with Crippen molar-refractivity contribution in [2.45, 2.75) is 13.1 Å². The van der Waals surface area contributed by atoms with Crippen LogP contribution in [0.1, 0.15) is 11.1 Å². The second-order valence-electron chi connectivity index (χ2n) is 3.38. The molecule has 0 radical (unpaired) electrons. The quantitative estimate of drug-likeness (QED) is 0.893. The third-order valence-corrected chi connectivity index (χ3v) is 2.42. The van der Waals surface area contributed by atoms with E-state index in [4.69, 9.17) is 16.1 Å². The topological polar surface area (TPSA) is 38.1 Å². The summed E-state index contributed by atoms with van der Waals surface area (Å²) in [6.45, 7) is 1.27. The smallest absolute Gasteiger partial charge is 0.141 e. The van der Waals surface area contributed by atoms with Crippen molar-refractivity contribution in [1.82, 2.24) is 10.5 Å². The van der Waals surface area contributed by atoms with Crippen molar-refractivity contribution in [2.75, 3.05) is 0 Å². The Morgan fingerprint density at radius 3 is 2.81 bits per heavy atom. The summed E-state index contributed by atoms with van der Waals surface area (Å²) in [4.78, 5) is 0. The van der Waals surface area contributed by atoms with Gasteiger partial charge in [0.2, 0.25) is 0 Å². The van der Waals surface area contributed by atoms with Crippen LogP contribution in [0.15, 0.2) is 35.2 Å². The Balaban J connectivity index is 1.87. The lowest BCUT2D eigenvalue weighted by Gasteiger charge is -2.03. The maximum atomic E-state index is 12.9. The fraction of sp³-hybridized carbons (Fsp3) is 0.182. The van der Waals surface area contributed by atoms with Crippen LogP contribution in [0.25, 0.3) is 0 Å². The number of hydrogen-bond donors (Lipinski definition) is 1. The van der Waals surface area contributed by atoms with Gasteiger partial charge in [-0.25, -0.2) is 4.39 Å². The molecule has 0 bridgehead atoms. The largest absolute Gasteiger partial charge is 0.364 e. The molecular formula is C11H10ClFN2O. The van der Waals surface area contributed by atoms with Crippen LogP contribution in [0.4, 0.5) is 4.39 Å². The predicted molar refractivity (Wildman–Crippen MR) is 58.5 cm³/mol. The normalized spacial score (nSPS) is 10.6. The van der Waals surface area contributed by atoms with Crippen molar-refractivity contribution in [3.05, 3.63) is 52.6 Å². The van der Waals surface area contributed by atoms with Crippen LogP contribution in [-0.2, 0) is 13.1 Å². The van der Waals surface area contributed by atoms with Crippen LogP contribution in [-0.4, -0.2) is 5.16 Å². The maximum absolute atomic E-state index is 12.9. The number of nitrogens with one attached hydrogen (secondary N) is 1. The summed E-state index contributed by atoms with van der Waals surface area (Å²) in [5.74, 6) is -0.399. The highest BCUT2D eigenvalue weighted by Gasteiger charge is 2.01. The molecule has 1 aromatic carbocycles. The van der Waals surface area contributed by atoms with Crippen LogP contribution in [0.3, 0.4) is 0 Å². The third kappa shape index (κ3) is 2.81. The number of hydrogen-bond acceptors (Lipinski definition) is 3. The monoisotopic (exact) mass is 240 g/mol. The molecule has 1 heterocycles. The first-order chi connectivity index (χ1) is 7.75. The lowest BCUT2D eigenvalue weighted by molar-refractivity contribution is 0.418. The van der Waals surface area contributed by atoms with E-state index in [9.17, 15) is 4.39 Å². The minimum absolute atomic E-state index is 0.143. The highest BCUT2D eigenvalue weighted by atomic mass is 35.5. The Kier molecular flexibility index (Phi) is 3.54. The Labute approximate surface area is 97.2 Å². The molecule has 0 unspecified atom stereocenters. The van der Waals surface area contributed by atoms with E-state index in [1.807, 2.05) is 0 Å². The van der Waals surface area contributed by atoms with Gasteiger partial charge >= 0.3 is 0 Å². The molecule has 16 heavy (non-hydrogen) atoms. The van der Waals surface area contributed by atoms with E-state index in [1.165, 1.54) is 6.07 Å². The molecule has 2 aromatic rings. The fourth-order valence-corrected chi connectivity index (χ4v) is 1.52. The summed E-state index contributed by atoms with van der Waals surface area (Å²) in [5, 5.41) is 6.90. The van der Waals surface area contributed by atoms with Gasteiger partial charge in [0.1, 0.15) is 12.1 Å². The van der Waals surface area contributed by atoms with Crippen molar-refractivity contribution in [1.29, 1.82) is 0 Å². The van der Waals surface area contributed by atoms with Gasteiger partial charge in [-0.05, 0) is 17.7 Å². The van der Waals surface area contributed by atoms with E-state index in [0.717, 1.165) is 11.1 Å². The summed E-state index contributed by atoms with van der Waals surface area (Å²) in [7, 11) is 0. The Morgan fingerprint density at radius 2 is 2.12 bits per heavy atom. The molecule has 0 aliphatic carbocycles. The summed E-state index contributed by atoms with van der Waals surface area (Å²) < 4.78 is 17.6. The number of aromatic nitrogens is 1. The minimum atomic E-state index is -0.399. The Morgan fingerprint density at radius 1 is 1.31 bits per heavy atom. The summed E-state index contributed by atoms with van der Waals surface area (Å²) >= 11 is 5.66. The lowest BCUT2D eigenvalue weighted by atomic mass is 10.2. The average Bonchev–Trinajstić information content (AvgIpc) is 2.76. The van der Waals surface area contributed by atoms with Gasteiger partial charge < -0.3 is 9.84 Å². The summed E-state index contributed by atoms with van der Waals surface area (Å²) in [6, 6.07) is 4.66. The molecule has 0 saturated heterocycles.